The molecule has 1 amide bonds. The van der Waals surface area contributed by atoms with Gasteiger partial charge in [0.05, 0.1) is 6.04 Å². The van der Waals surface area contributed by atoms with Crippen LogP contribution in [0.1, 0.15) is 81.9 Å². The van der Waals surface area contributed by atoms with Crippen molar-refractivity contribution >= 4 is 5.91 Å². The van der Waals surface area contributed by atoms with E-state index in [1.54, 1.807) is 6.92 Å². The fourth-order valence-corrected chi connectivity index (χ4v) is 7.00. The van der Waals surface area contributed by atoms with Crippen LogP contribution >= 0.6 is 0 Å². The lowest BCUT2D eigenvalue weighted by molar-refractivity contribution is -0.119. The Morgan fingerprint density at radius 3 is 2.41 bits per heavy atom. The van der Waals surface area contributed by atoms with E-state index in [2.05, 4.69) is 34.5 Å². The summed E-state index contributed by atoms with van der Waals surface area (Å²) in [6.45, 7) is 4.18. The molecule has 4 atom stereocenters. The normalized spacial score (nSPS) is 35.0. The molecule has 1 spiro atoms. The van der Waals surface area contributed by atoms with Crippen LogP contribution in [0.25, 0.3) is 0 Å². The van der Waals surface area contributed by atoms with Crippen LogP contribution in [0.5, 0.6) is 0 Å². The average molecular weight is 367 g/mol. The molecule has 1 N–H and O–H groups in total. The monoisotopic (exact) mass is 366 g/mol. The predicted molar refractivity (Wildman–Crippen MR) is 109 cm³/mol. The van der Waals surface area contributed by atoms with Crippen molar-refractivity contribution in [3.05, 3.63) is 35.4 Å². The zero-order chi connectivity index (χ0) is 18.4. The first-order chi connectivity index (χ1) is 13.1. The van der Waals surface area contributed by atoms with E-state index in [0.29, 0.717) is 5.41 Å². The number of hydrogen-bond donors (Lipinski definition) is 1. The summed E-state index contributed by atoms with van der Waals surface area (Å²) in [7, 11) is 0. The third-order valence-corrected chi connectivity index (χ3v) is 8.33. The molecule has 5 rings (SSSR count). The summed E-state index contributed by atoms with van der Waals surface area (Å²) < 4.78 is 0. The highest BCUT2D eigenvalue weighted by molar-refractivity contribution is 5.73. The predicted octanol–water partition coefficient (Wildman–Crippen LogP) is 4.57. The molecule has 3 heteroatoms. The summed E-state index contributed by atoms with van der Waals surface area (Å²) in [4.78, 5) is 14.5. The van der Waals surface area contributed by atoms with Crippen molar-refractivity contribution in [3.63, 3.8) is 0 Å². The molecular weight excluding hydrogens is 332 g/mol. The van der Waals surface area contributed by atoms with E-state index in [1.807, 2.05) is 0 Å². The summed E-state index contributed by atoms with van der Waals surface area (Å²) >= 11 is 0. The first-order valence-electron chi connectivity index (χ1n) is 11.2. The molecule has 1 aromatic rings. The maximum absolute atomic E-state index is 11.6. The summed E-state index contributed by atoms with van der Waals surface area (Å²) in [5.41, 5.74) is 3.25. The molecule has 27 heavy (non-hydrogen) atoms. The van der Waals surface area contributed by atoms with E-state index in [0.717, 1.165) is 24.3 Å². The van der Waals surface area contributed by atoms with Crippen LogP contribution < -0.4 is 5.32 Å². The molecule has 4 aliphatic rings. The third-order valence-electron chi connectivity index (χ3n) is 8.33. The highest BCUT2D eigenvalue weighted by atomic mass is 16.1. The SMILES string of the molecule is CC(=O)N[C@H]1CCC2(CCN([C@H]3CC4CC[C@H](C4)C3)CC2)c2ccccc21. The Morgan fingerprint density at radius 1 is 1.00 bits per heavy atom. The number of nitrogens with zero attached hydrogens (tertiary/aromatic N) is 1. The topological polar surface area (TPSA) is 32.3 Å². The van der Waals surface area contributed by atoms with Crippen LogP contribution in [0.4, 0.5) is 0 Å². The van der Waals surface area contributed by atoms with Crippen LogP contribution in [0, 0.1) is 11.8 Å². The van der Waals surface area contributed by atoms with Crippen molar-refractivity contribution in [1.29, 1.82) is 0 Å². The lowest BCUT2D eigenvalue weighted by Crippen LogP contribution is -2.50. The molecule has 146 valence electrons. The molecule has 2 saturated carbocycles. The van der Waals surface area contributed by atoms with Gasteiger partial charge in [-0.25, -0.2) is 0 Å². The van der Waals surface area contributed by atoms with Gasteiger partial charge in [0.25, 0.3) is 0 Å². The van der Waals surface area contributed by atoms with E-state index in [-0.39, 0.29) is 11.9 Å². The zero-order valence-electron chi connectivity index (χ0n) is 16.8. The minimum atomic E-state index is 0.0903. The van der Waals surface area contributed by atoms with Gasteiger partial charge in [-0.05, 0) is 86.4 Å². The summed E-state index contributed by atoms with van der Waals surface area (Å²) in [5, 5.41) is 3.19. The number of rotatable bonds is 2. The molecule has 0 aromatic heterocycles. The quantitative estimate of drug-likeness (QED) is 0.831. The highest BCUT2D eigenvalue weighted by Gasteiger charge is 2.44. The Balaban J connectivity index is 1.32. The van der Waals surface area contributed by atoms with Crippen molar-refractivity contribution in [2.24, 2.45) is 11.8 Å². The molecule has 1 unspecified atom stereocenters. The molecule has 1 aromatic carbocycles. The number of hydrogen-bond acceptors (Lipinski definition) is 2. The van der Waals surface area contributed by atoms with Gasteiger partial charge in [0.1, 0.15) is 0 Å². The Morgan fingerprint density at radius 2 is 1.70 bits per heavy atom. The highest BCUT2D eigenvalue weighted by Crippen LogP contribution is 2.49. The number of likely N-dealkylation sites (tertiary alicyclic amines) is 1. The van der Waals surface area contributed by atoms with Gasteiger partial charge in [-0.1, -0.05) is 37.1 Å². The molecule has 3 aliphatic carbocycles. The Bertz CT molecular complexity index is 694. The van der Waals surface area contributed by atoms with Crippen LogP contribution in [0.3, 0.4) is 0 Å². The maximum Gasteiger partial charge on any atom is 0.217 e. The van der Waals surface area contributed by atoms with Crippen molar-refractivity contribution in [3.8, 4) is 0 Å². The lowest BCUT2D eigenvalue weighted by Gasteiger charge is -2.49. The fourth-order valence-electron chi connectivity index (χ4n) is 7.00. The van der Waals surface area contributed by atoms with Gasteiger partial charge in [-0.15, -0.1) is 0 Å². The van der Waals surface area contributed by atoms with Crippen molar-refractivity contribution < 1.29 is 4.79 Å². The minimum Gasteiger partial charge on any atom is -0.350 e. The fraction of sp³-hybridized carbons (Fsp3) is 0.708. The Labute approximate surface area is 163 Å². The Kier molecular flexibility index (Phi) is 4.54. The Hall–Kier alpha value is -1.35. The number of piperidine rings is 1. The maximum atomic E-state index is 11.6. The molecular formula is C24H34N2O. The number of fused-ring (bicyclic) bond motifs is 4. The van der Waals surface area contributed by atoms with E-state index in [9.17, 15) is 4.79 Å². The number of benzene rings is 1. The first kappa shape index (κ1) is 17.7. The smallest absolute Gasteiger partial charge is 0.217 e. The average Bonchev–Trinajstić information content (AvgIpc) is 3.02. The summed E-state index contributed by atoms with van der Waals surface area (Å²) in [6.07, 6.45) is 12.3. The van der Waals surface area contributed by atoms with Gasteiger partial charge in [0, 0.05) is 13.0 Å². The summed E-state index contributed by atoms with van der Waals surface area (Å²) in [5.74, 6) is 2.14. The second-order valence-electron chi connectivity index (χ2n) is 9.87. The molecule has 0 radical (unpaired) electrons. The number of amides is 1. The molecule has 1 heterocycles. The van der Waals surface area contributed by atoms with E-state index < -0.39 is 0 Å². The molecule has 3 nitrogen and oxygen atoms in total. The lowest BCUT2D eigenvalue weighted by atomic mass is 9.63. The third kappa shape index (κ3) is 3.22. The van der Waals surface area contributed by atoms with Crippen LogP contribution in [0.15, 0.2) is 24.3 Å². The summed E-state index contributed by atoms with van der Waals surface area (Å²) in [6, 6.07) is 10.00. The van der Waals surface area contributed by atoms with Crippen LogP contribution in [-0.2, 0) is 10.2 Å². The van der Waals surface area contributed by atoms with Gasteiger partial charge in [0.2, 0.25) is 5.91 Å². The van der Waals surface area contributed by atoms with Gasteiger partial charge >= 0.3 is 0 Å². The van der Waals surface area contributed by atoms with Crippen LogP contribution in [0.2, 0.25) is 0 Å². The minimum absolute atomic E-state index is 0.0903. The second-order valence-corrected chi connectivity index (χ2v) is 9.87. The van der Waals surface area contributed by atoms with E-state index in [4.69, 9.17) is 0 Å². The van der Waals surface area contributed by atoms with Gasteiger partial charge in [0.15, 0.2) is 0 Å². The molecule has 1 saturated heterocycles. The van der Waals surface area contributed by atoms with Crippen molar-refractivity contribution in [2.75, 3.05) is 13.1 Å². The van der Waals surface area contributed by atoms with Gasteiger partial charge in [-0.3, -0.25) is 4.79 Å². The van der Waals surface area contributed by atoms with E-state index in [1.165, 1.54) is 75.6 Å². The molecule has 3 fully saturated rings. The largest absolute Gasteiger partial charge is 0.350 e. The first-order valence-corrected chi connectivity index (χ1v) is 11.2. The van der Waals surface area contributed by atoms with Crippen molar-refractivity contribution in [2.45, 2.75) is 82.2 Å². The van der Waals surface area contributed by atoms with Crippen LogP contribution in [-0.4, -0.2) is 29.9 Å². The van der Waals surface area contributed by atoms with E-state index >= 15 is 0 Å². The number of carbonyl (C=O) groups excluding carboxylic acids is 1. The molecule has 2 bridgehead atoms. The molecule has 1 aliphatic heterocycles. The second kappa shape index (κ2) is 6.92. The van der Waals surface area contributed by atoms with Crippen molar-refractivity contribution in [1.82, 2.24) is 10.2 Å². The van der Waals surface area contributed by atoms with Gasteiger partial charge < -0.3 is 10.2 Å². The number of carbonyl (C=O) groups is 1. The van der Waals surface area contributed by atoms with Gasteiger partial charge in [-0.2, -0.15) is 0 Å². The zero-order valence-corrected chi connectivity index (χ0v) is 16.8. The number of nitrogens with one attached hydrogen (secondary N) is 1. The standard InChI is InChI=1S/C24H34N2O/c1-17(27)25-23-8-9-24(22-5-3-2-4-21(22)23)10-12-26(13-11-24)20-15-18-6-7-19(14-18)16-20/h2-5,18-20,23H,6-16H2,1H3,(H,25,27)/t18-,19?,20-,23+/m1/s1.